The predicted molar refractivity (Wildman–Crippen MR) is 75.6 cm³/mol. The third-order valence-corrected chi connectivity index (χ3v) is 3.61. The number of benzene rings is 1. The maximum absolute atomic E-state index is 13.8. The molecular formula is C13H13FN4S. The molecule has 0 aliphatic heterocycles. The number of hydrogen-bond acceptors (Lipinski definition) is 4. The minimum absolute atomic E-state index is 0.157. The number of thiazole rings is 1. The number of nitrogen functional groups attached to an aromatic ring is 1. The molecule has 0 amide bonds. The van der Waals surface area contributed by atoms with Crippen molar-refractivity contribution >= 4 is 27.5 Å². The fourth-order valence-electron chi connectivity index (χ4n) is 2.18. The Balaban J connectivity index is 2.35. The fraction of sp³-hybridized carbons (Fsp3) is 0.231. The van der Waals surface area contributed by atoms with Crippen LogP contribution < -0.4 is 5.73 Å². The van der Waals surface area contributed by atoms with Crippen molar-refractivity contribution in [2.45, 2.75) is 19.9 Å². The van der Waals surface area contributed by atoms with Crippen LogP contribution in [0.1, 0.15) is 19.9 Å². The molecule has 0 spiro atoms. The van der Waals surface area contributed by atoms with E-state index in [0.717, 1.165) is 5.52 Å². The second kappa shape index (κ2) is 4.31. The number of anilines is 1. The van der Waals surface area contributed by atoms with E-state index in [1.54, 1.807) is 6.07 Å². The summed E-state index contributed by atoms with van der Waals surface area (Å²) in [6, 6.07) is 5.13. The molecule has 2 N–H and O–H groups in total. The van der Waals surface area contributed by atoms with Crippen LogP contribution in [-0.4, -0.2) is 14.5 Å². The van der Waals surface area contributed by atoms with Gasteiger partial charge in [0.05, 0.1) is 5.52 Å². The molecule has 1 aromatic carbocycles. The largest absolute Gasteiger partial charge is 0.375 e. The Morgan fingerprint density at radius 3 is 2.74 bits per heavy atom. The van der Waals surface area contributed by atoms with Crippen molar-refractivity contribution in [3.05, 3.63) is 29.4 Å². The molecule has 0 unspecified atom stereocenters. The highest BCUT2D eigenvalue weighted by atomic mass is 32.1. The molecule has 0 saturated carbocycles. The van der Waals surface area contributed by atoms with Crippen LogP contribution in [0.4, 0.5) is 9.52 Å². The fourth-order valence-corrected chi connectivity index (χ4v) is 2.72. The number of nitrogens with two attached hydrogens (primary N) is 1. The molecule has 3 aromatic rings. The van der Waals surface area contributed by atoms with Crippen LogP contribution in [0.25, 0.3) is 22.6 Å². The Labute approximate surface area is 113 Å². The standard InChI is InChI=1S/C13H13FN4S/c1-7(2)18-10-5-3-4-8(14)11(10)17-12(18)9-6-19-13(15)16-9/h3-7H,1-2H3,(H2,15,16). The van der Waals surface area contributed by atoms with Crippen molar-refractivity contribution in [2.24, 2.45) is 0 Å². The molecule has 0 aliphatic rings. The number of halogens is 1. The summed E-state index contributed by atoms with van der Waals surface area (Å²) in [5.41, 5.74) is 7.50. The highest BCUT2D eigenvalue weighted by Crippen LogP contribution is 2.30. The Hall–Kier alpha value is -1.95. The van der Waals surface area contributed by atoms with Gasteiger partial charge in [0.1, 0.15) is 11.2 Å². The lowest BCUT2D eigenvalue weighted by Crippen LogP contribution is -2.03. The zero-order valence-corrected chi connectivity index (χ0v) is 11.4. The SMILES string of the molecule is CC(C)n1c(-c2csc(N)n2)nc2c(F)cccc21. The van der Waals surface area contributed by atoms with Crippen LogP contribution in [0, 0.1) is 5.82 Å². The van der Waals surface area contributed by atoms with Crippen molar-refractivity contribution in [3.8, 4) is 11.5 Å². The molecule has 0 bridgehead atoms. The van der Waals surface area contributed by atoms with Crippen molar-refractivity contribution in [1.82, 2.24) is 14.5 Å². The van der Waals surface area contributed by atoms with Gasteiger partial charge in [-0.05, 0) is 26.0 Å². The van der Waals surface area contributed by atoms with E-state index in [9.17, 15) is 4.39 Å². The molecule has 2 aromatic heterocycles. The highest BCUT2D eigenvalue weighted by Gasteiger charge is 2.18. The van der Waals surface area contributed by atoms with Crippen molar-refractivity contribution in [1.29, 1.82) is 0 Å². The number of fused-ring (bicyclic) bond motifs is 1. The smallest absolute Gasteiger partial charge is 0.180 e. The van der Waals surface area contributed by atoms with Crippen LogP contribution in [0.15, 0.2) is 23.6 Å². The number of nitrogens with zero attached hydrogens (tertiary/aromatic N) is 3. The van der Waals surface area contributed by atoms with Gasteiger partial charge in [-0.2, -0.15) is 0 Å². The van der Waals surface area contributed by atoms with Gasteiger partial charge in [-0.25, -0.2) is 14.4 Å². The molecule has 19 heavy (non-hydrogen) atoms. The first-order valence-electron chi connectivity index (χ1n) is 5.95. The van der Waals surface area contributed by atoms with Gasteiger partial charge in [0.2, 0.25) is 0 Å². The van der Waals surface area contributed by atoms with Crippen molar-refractivity contribution < 1.29 is 4.39 Å². The van der Waals surface area contributed by atoms with Crippen LogP contribution in [0.3, 0.4) is 0 Å². The topological polar surface area (TPSA) is 56.7 Å². The van der Waals surface area contributed by atoms with Crippen LogP contribution >= 0.6 is 11.3 Å². The van der Waals surface area contributed by atoms with Crippen molar-refractivity contribution in [3.63, 3.8) is 0 Å². The third-order valence-electron chi connectivity index (χ3n) is 2.94. The van der Waals surface area contributed by atoms with E-state index in [2.05, 4.69) is 9.97 Å². The summed E-state index contributed by atoms with van der Waals surface area (Å²) < 4.78 is 15.8. The van der Waals surface area contributed by atoms with Crippen molar-refractivity contribution in [2.75, 3.05) is 5.73 Å². The summed E-state index contributed by atoms with van der Waals surface area (Å²) in [5.74, 6) is 0.337. The summed E-state index contributed by atoms with van der Waals surface area (Å²) in [4.78, 5) is 8.63. The second-order valence-electron chi connectivity index (χ2n) is 4.58. The molecule has 2 heterocycles. The zero-order chi connectivity index (χ0) is 13.6. The summed E-state index contributed by atoms with van der Waals surface area (Å²) in [6.07, 6.45) is 0. The van der Waals surface area contributed by atoms with E-state index < -0.39 is 0 Å². The summed E-state index contributed by atoms with van der Waals surface area (Å²) in [5, 5.41) is 2.32. The molecular weight excluding hydrogens is 263 g/mol. The first-order valence-corrected chi connectivity index (χ1v) is 6.83. The quantitative estimate of drug-likeness (QED) is 0.779. The Morgan fingerprint density at radius 1 is 1.32 bits per heavy atom. The Kier molecular flexibility index (Phi) is 2.74. The van der Waals surface area contributed by atoms with Gasteiger partial charge in [-0.15, -0.1) is 11.3 Å². The minimum Gasteiger partial charge on any atom is -0.375 e. The molecule has 0 fully saturated rings. The van der Waals surface area contributed by atoms with Gasteiger partial charge in [0, 0.05) is 11.4 Å². The van der Waals surface area contributed by atoms with Gasteiger partial charge in [0.15, 0.2) is 16.8 Å². The number of rotatable bonds is 2. The van der Waals surface area contributed by atoms with Crippen LogP contribution in [0.5, 0.6) is 0 Å². The average molecular weight is 276 g/mol. The molecule has 3 rings (SSSR count). The average Bonchev–Trinajstić information content (AvgIpc) is 2.93. The minimum atomic E-state index is -0.318. The number of aromatic nitrogens is 3. The van der Waals surface area contributed by atoms with Gasteiger partial charge in [0.25, 0.3) is 0 Å². The van der Waals surface area contributed by atoms with E-state index in [0.29, 0.717) is 22.2 Å². The van der Waals surface area contributed by atoms with E-state index in [1.807, 2.05) is 29.9 Å². The third kappa shape index (κ3) is 1.88. The van der Waals surface area contributed by atoms with E-state index in [4.69, 9.17) is 5.73 Å². The van der Waals surface area contributed by atoms with E-state index >= 15 is 0 Å². The lowest BCUT2D eigenvalue weighted by atomic mass is 10.3. The maximum Gasteiger partial charge on any atom is 0.180 e. The van der Waals surface area contributed by atoms with Gasteiger partial charge >= 0.3 is 0 Å². The molecule has 6 heteroatoms. The number of hydrogen-bond donors (Lipinski definition) is 1. The molecule has 4 nitrogen and oxygen atoms in total. The molecule has 98 valence electrons. The second-order valence-corrected chi connectivity index (χ2v) is 5.47. The van der Waals surface area contributed by atoms with Gasteiger partial charge < -0.3 is 10.3 Å². The van der Waals surface area contributed by atoms with Crippen LogP contribution in [0.2, 0.25) is 0 Å². The molecule has 0 aliphatic carbocycles. The van der Waals surface area contributed by atoms with Crippen LogP contribution in [-0.2, 0) is 0 Å². The Bertz CT molecular complexity index is 744. The molecule has 0 atom stereocenters. The summed E-state index contributed by atoms with van der Waals surface area (Å²) in [7, 11) is 0. The highest BCUT2D eigenvalue weighted by molar-refractivity contribution is 7.13. The molecule has 0 saturated heterocycles. The summed E-state index contributed by atoms with van der Waals surface area (Å²) in [6.45, 7) is 4.07. The Morgan fingerprint density at radius 2 is 2.11 bits per heavy atom. The number of imidazole rings is 1. The molecule has 0 radical (unpaired) electrons. The maximum atomic E-state index is 13.8. The van der Waals surface area contributed by atoms with Gasteiger partial charge in [-0.1, -0.05) is 6.07 Å². The predicted octanol–water partition coefficient (Wildman–Crippen LogP) is 3.46. The van der Waals surface area contributed by atoms with Gasteiger partial charge in [-0.3, -0.25) is 0 Å². The summed E-state index contributed by atoms with van der Waals surface area (Å²) >= 11 is 1.35. The lowest BCUT2D eigenvalue weighted by molar-refractivity contribution is 0.622. The monoisotopic (exact) mass is 276 g/mol. The zero-order valence-electron chi connectivity index (χ0n) is 10.6. The first kappa shape index (κ1) is 12.1. The number of para-hydroxylation sites is 1. The lowest BCUT2D eigenvalue weighted by Gasteiger charge is -2.11. The first-order chi connectivity index (χ1) is 9.08. The van der Waals surface area contributed by atoms with E-state index in [1.165, 1.54) is 17.4 Å². The normalized spacial score (nSPS) is 11.6. The van der Waals surface area contributed by atoms with E-state index in [-0.39, 0.29) is 11.9 Å².